The van der Waals surface area contributed by atoms with Crippen LogP contribution in [0.15, 0.2) is 35.5 Å². The van der Waals surface area contributed by atoms with Gasteiger partial charge in [0.2, 0.25) is 0 Å². The van der Waals surface area contributed by atoms with Crippen LogP contribution in [0.25, 0.3) is 0 Å². The van der Waals surface area contributed by atoms with Gasteiger partial charge in [0.1, 0.15) is 29.5 Å². The first-order chi connectivity index (χ1) is 14.0. The van der Waals surface area contributed by atoms with Crippen LogP contribution in [-0.2, 0) is 29.7 Å². The van der Waals surface area contributed by atoms with Crippen LogP contribution >= 0.6 is 11.8 Å². The van der Waals surface area contributed by atoms with E-state index >= 15 is 0 Å². The Bertz CT molecular complexity index is 948. The molecule has 12 heteroatoms. The number of carbonyl (C=O) groups excluding carboxylic acids is 3. The summed E-state index contributed by atoms with van der Waals surface area (Å²) in [6.45, 7) is 0.888. The fraction of sp³-hybridized carbons (Fsp3) is 0.333. The smallest absolute Gasteiger partial charge is 0.352 e. The van der Waals surface area contributed by atoms with Gasteiger partial charge >= 0.3 is 11.9 Å². The summed E-state index contributed by atoms with van der Waals surface area (Å²) in [6.07, 6.45) is 0. The number of carboxylic acid groups (broad SMARTS) is 1. The lowest BCUT2D eigenvalue weighted by Gasteiger charge is -2.49. The number of amides is 2. The number of carboxylic acids is 1. The first kappa shape index (κ1) is 21.6. The van der Waals surface area contributed by atoms with Gasteiger partial charge in [0.05, 0.1) is 0 Å². The maximum absolute atomic E-state index is 14.9. The summed E-state index contributed by atoms with van der Waals surface area (Å²) in [6, 6.07) is 3.40. The largest absolute Gasteiger partial charge is 0.508 e. The van der Waals surface area contributed by atoms with E-state index in [1.54, 1.807) is 0 Å². The van der Waals surface area contributed by atoms with E-state index in [1.807, 2.05) is 0 Å². The zero-order valence-electron chi connectivity index (χ0n) is 15.6. The molecule has 5 N–H and O–H groups in total. The molecule has 3 rings (SSSR count). The van der Waals surface area contributed by atoms with E-state index in [0.717, 1.165) is 40.9 Å². The van der Waals surface area contributed by atoms with Crippen molar-refractivity contribution in [2.75, 3.05) is 12.4 Å². The number of alkyl halides is 1. The molecule has 1 aromatic rings. The van der Waals surface area contributed by atoms with Crippen molar-refractivity contribution in [3.8, 4) is 5.75 Å². The molecule has 160 valence electrons. The molecule has 10 nitrogen and oxygen atoms in total. The minimum absolute atomic E-state index is 0.136. The van der Waals surface area contributed by atoms with Gasteiger partial charge in [0.25, 0.3) is 17.6 Å². The maximum atomic E-state index is 14.9. The van der Waals surface area contributed by atoms with Crippen LogP contribution in [0.4, 0.5) is 4.39 Å². The lowest BCUT2D eigenvalue weighted by Crippen LogP contribution is -2.72. The summed E-state index contributed by atoms with van der Waals surface area (Å²) in [5.74, 6) is -7.00. The Kier molecular flexibility index (Phi) is 5.72. The Hall–Kier alpha value is -3.12. The van der Waals surface area contributed by atoms with Gasteiger partial charge < -0.3 is 20.3 Å². The summed E-state index contributed by atoms with van der Waals surface area (Å²) in [5.41, 5.74) is 5.17. The molecule has 2 aliphatic rings. The van der Waals surface area contributed by atoms with E-state index in [2.05, 4.69) is 5.32 Å². The standard InChI is InChI=1S/C18H18FN3O7S/c1-8(23)29-6-9-7-30-15-12(14(25)22(15)13(9)16(26)27)21-17(28)18(19,20)10-2-4-11(24)5-3-10/h2-5,12,15,24H,6-7,20H2,1H3,(H,21,28)(H,26,27)/t12-,15-,18?/m1/s1. The normalized spacial score (nSPS) is 22.5. The summed E-state index contributed by atoms with van der Waals surface area (Å²) in [4.78, 5) is 48.6. The van der Waals surface area contributed by atoms with Crippen LogP contribution < -0.4 is 11.1 Å². The third-order valence-corrected chi connectivity index (χ3v) is 5.94. The number of ether oxygens (including phenoxy) is 1. The van der Waals surface area contributed by atoms with Crippen molar-refractivity contribution < 1.29 is 38.5 Å². The number of aliphatic carboxylic acids is 1. The molecule has 3 atom stereocenters. The molecular formula is C18H18FN3O7S. The number of nitrogens with two attached hydrogens (primary N) is 1. The quantitative estimate of drug-likeness (QED) is 0.267. The van der Waals surface area contributed by atoms with E-state index < -0.39 is 41.0 Å². The summed E-state index contributed by atoms with van der Waals surface area (Å²) >= 11 is 1.14. The van der Waals surface area contributed by atoms with Crippen LogP contribution in [0.1, 0.15) is 12.5 Å². The molecular weight excluding hydrogens is 421 g/mol. The predicted molar refractivity (Wildman–Crippen MR) is 101 cm³/mol. The SMILES string of the molecule is CC(=O)OCC1=C(C(=O)O)N2C(=O)[C@@H](NC(=O)C(N)(F)c3ccc(O)cc3)[C@H]2SC1. The molecule has 2 heterocycles. The highest BCUT2D eigenvalue weighted by molar-refractivity contribution is 8.00. The van der Waals surface area contributed by atoms with Crippen LogP contribution in [0.2, 0.25) is 0 Å². The van der Waals surface area contributed by atoms with Crippen molar-refractivity contribution in [3.05, 3.63) is 41.1 Å². The average molecular weight is 439 g/mol. The molecule has 0 aromatic heterocycles. The number of rotatable bonds is 6. The number of β-lactam (4-membered cyclic amide) rings is 1. The number of nitrogens with zero attached hydrogens (tertiary/aromatic N) is 1. The first-order valence-corrected chi connectivity index (χ1v) is 9.70. The van der Waals surface area contributed by atoms with Crippen molar-refractivity contribution >= 4 is 35.5 Å². The van der Waals surface area contributed by atoms with Crippen LogP contribution in [0.3, 0.4) is 0 Å². The molecule has 0 spiro atoms. The summed E-state index contributed by atoms with van der Waals surface area (Å²) < 4.78 is 19.7. The van der Waals surface area contributed by atoms with Gasteiger partial charge in [-0.05, 0) is 12.1 Å². The molecule has 0 bridgehead atoms. The number of phenols is 1. The van der Waals surface area contributed by atoms with E-state index in [0.29, 0.717) is 0 Å². The van der Waals surface area contributed by atoms with Crippen molar-refractivity contribution in [1.82, 2.24) is 10.2 Å². The summed E-state index contributed by atoms with van der Waals surface area (Å²) in [7, 11) is 0. The molecule has 1 fully saturated rings. The lowest BCUT2D eigenvalue weighted by molar-refractivity contribution is -0.152. The number of fused-ring (bicyclic) bond motifs is 1. The minimum atomic E-state index is -2.97. The first-order valence-electron chi connectivity index (χ1n) is 8.65. The number of hydrogen-bond donors (Lipinski definition) is 4. The molecule has 30 heavy (non-hydrogen) atoms. The predicted octanol–water partition coefficient (Wildman–Crippen LogP) is -0.225. The van der Waals surface area contributed by atoms with Crippen molar-refractivity contribution in [2.24, 2.45) is 5.73 Å². The Morgan fingerprint density at radius 3 is 2.57 bits per heavy atom. The fourth-order valence-corrected chi connectivity index (χ4v) is 4.39. The van der Waals surface area contributed by atoms with Gasteiger partial charge in [-0.25, -0.2) is 9.18 Å². The average Bonchev–Trinajstić information content (AvgIpc) is 2.69. The second kappa shape index (κ2) is 7.95. The fourth-order valence-electron chi connectivity index (χ4n) is 3.06. The molecule has 1 saturated heterocycles. The Balaban J connectivity index is 1.76. The van der Waals surface area contributed by atoms with Gasteiger partial charge in [-0.3, -0.25) is 25.0 Å². The topological polar surface area (TPSA) is 159 Å². The van der Waals surface area contributed by atoms with E-state index in [-0.39, 0.29) is 34.9 Å². The molecule has 1 aromatic carbocycles. The minimum Gasteiger partial charge on any atom is -0.508 e. The van der Waals surface area contributed by atoms with Crippen LogP contribution in [0.5, 0.6) is 5.75 Å². The number of aromatic hydroxyl groups is 1. The third-order valence-electron chi connectivity index (χ3n) is 4.60. The van der Waals surface area contributed by atoms with Gasteiger partial charge in [0, 0.05) is 23.8 Å². The van der Waals surface area contributed by atoms with Crippen LogP contribution in [-0.4, -0.2) is 62.6 Å². The number of phenolic OH excluding ortho intramolecular Hbond substituents is 1. The molecule has 2 amide bonds. The number of nitrogens with one attached hydrogen (secondary N) is 1. The van der Waals surface area contributed by atoms with Gasteiger partial charge in [-0.1, -0.05) is 12.1 Å². The molecule has 0 radical (unpaired) electrons. The van der Waals surface area contributed by atoms with E-state index in [1.165, 1.54) is 6.92 Å². The number of benzene rings is 1. The van der Waals surface area contributed by atoms with Gasteiger partial charge in [0.15, 0.2) is 0 Å². The Morgan fingerprint density at radius 2 is 2.00 bits per heavy atom. The van der Waals surface area contributed by atoms with Crippen molar-refractivity contribution in [3.63, 3.8) is 0 Å². The molecule has 0 aliphatic carbocycles. The second-order valence-corrected chi connectivity index (χ2v) is 7.76. The number of thioether (sulfide) groups is 1. The van der Waals surface area contributed by atoms with Crippen molar-refractivity contribution in [1.29, 1.82) is 0 Å². The lowest BCUT2D eigenvalue weighted by atomic mass is 10.00. The summed E-state index contributed by atoms with van der Waals surface area (Å²) in [5, 5.41) is 20.2. The molecule has 2 aliphatic heterocycles. The number of esters is 1. The zero-order chi connectivity index (χ0) is 22.2. The number of hydrogen-bond acceptors (Lipinski definition) is 8. The zero-order valence-corrected chi connectivity index (χ0v) is 16.4. The van der Waals surface area contributed by atoms with Crippen LogP contribution in [0, 0.1) is 0 Å². The Morgan fingerprint density at radius 1 is 1.37 bits per heavy atom. The number of carbonyl (C=O) groups is 4. The van der Waals surface area contributed by atoms with Gasteiger partial charge in [-0.2, -0.15) is 0 Å². The molecule has 1 unspecified atom stereocenters. The highest BCUT2D eigenvalue weighted by Crippen LogP contribution is 2.40. The monoisotopic (exact) mass is 439 g/mol. The van der Waals surface area contributed by atoms with Gasteiger partial charge in [-0.15, -0.1) is 11.8 Å². The van der Waals surface area contributed by atoms with E-state index in [4.69, 9.17) is 10.5 Å². The second-order valence-electron chi connectivity index (χ2n) is 6.66. The van der Waals surface area contributed by atoms with Crippen molar-refractivity contribution in [2.45, 2.75) is 24.1 Å². The highest BCUT2D eigenvalue weighted by atomic mass is 32.2. The third kappa shape index (κ3) is 3.83. The highest BCUT2D eigenvalue weighted by Gasteiger charge is 2.55. The van der Waals surface area contributed by atoms with E-state index in [9.17, 15) is 33.8 Å². The maximum Gasteiger partial charge on any atom is 0.352 e. The molecule has 0 saturated carbocycles. The number of halogens is 1. The Labute approximate surface area is 173 Å².